The molecule has 0 aromatic rings. The van der Waals surface area contributed by atoms with Crippen molar-refractivity contribution in [1.29, 1.82) is 0 Å². The molecule has 0 aliphatic heterocycles. The van der Waals surface area contributed by atoms with Crippen LogP contribution in [-0.2, 0) is 4.79 Å². The van der Waals surface area contributed by atoms with Crippen molar-refractivity contribution in [2.75, 3.05) is 6.54 Å². The van der Waals surface area contributed by atoms with E-state index in [1.807, 2.05) is 0 Å². The van der Waals surface area contributed by atoms with Crippen molar-refractivity contribution in [3.63, 3.8) is 0 Å². The van der Waals surface area contributed by atoms with Crippen LogP contribution in [0.2, 0.25) is 0 Å². The molecule has 1 rings (SSSR count). The summed E-state index contributed by atoms with van der Waals surface area (Å²) in [5, 5.41) is 14.5. The average molecular weight is 268 g/mol. The van der Waals surface area contributed by atoms with Crippen LogP contribution in [0.1, 0.15) is 34.1 Å². The van der Waals surface area contributed by atoms with Gasteiger partial charge in [0.2, 0.25) is 0 Å². The van der Waals surface area contributed by atoms with Crippen molar-refractivity contribution in [2.45, 2.75) is 40.2 Å². The van der Waals surface area contributed by atoms with Crippen LogP contribution in [-0.4, -0.2) is 29.7 Å². The fraction of sp³-hybridized carbons (Fsp3) is 0.714. The third kappa shape index (κ3) is 4.93. The lowest BCUT2D eigenvalue weighted by atomic mass is 9.82. The quantitative estimate of drug-likeness (QED) is 0.682. The second kappa shape index (κ2) is 6.08. The van der Waals surface area contributed by atoms with Gasteiger partial charge in [0.25, 0.3) is 0 Å². The van der Waals surface area contributed by atoms with Crippen molar-refractivity contribution in [3.8, 4) is 0 Å². The van der Waals surface area contributed by atoms with Gasteiger partial charge in [-0.15, -0.1) is 0 Å². The van der Waals surface area contributed by atoms with Gasteiger partial charge in [-0.3, -0.25) is 4.79 Å². The zero-order valence-electron chi connectivity index (χ0n) is 12.1. The maximum Gasteiger partial charge on any atom is 0.315 e. The molecule has 2 amide bonds. The molecule has 0 fully saturated rings. The monoisotopic (exact) mass is 268 g/mol. The molecule has 0 saturated carbocycles. The molecule has 3 N–H and O–H groups in total. The fourth-order valence-electron chi connectivity index (χ4n) is 1.76. The van der Waals surface area contributed by atoms with E-state index in [4.69, 9.17) is 5.11 Å². The first-order valence-corrected chi connectivity index (χ1v) is 6.65. The van der Waals surface area contributed by atoms with Gasteiger partial charge in [0.15, 0.2) is 0 Å². The van der Waals surface area contributed by atoms with E-state index in [0.717, 1.165) is 0 Å². The highest BCUT2D eigenvalue weighted by Crippen LogP contribution is 2.24. The largest absolute Gasteiger partial charge is 0.481 e. The Labute approximate surface area is 114 Å². The maximum atomic E-state index is 11.7. The molecule has 0 saturated heterocycles. The van der Waals surface area contributed by atoms with Crippen molar-refractivity contribution >= 4 is 12.0 Å². The molecular formula is C14H24N2O3. The molecule has 0 aromatic carbocycles. The molecule has 1 aliphatic rings. The Morgan fingerprint density at radius 1 is 1.37 bits per heavy atom. The Bertz CT molecular complexity index is 371. The molecule has 0 spiro atoms. The summed E-state index contributed by atoms with van der Waals surface area (Å²) in [6.45, 7) is 9.10. The zero-order valence-corrected chi connectivity index (χ0v) is 12.1. The number of rotatable bonds is 4. The maximum absolute atomic E-state index is 11.7. The third-order valence-electron chi connectivity index (χ3n) is 3.76. The predicted octanol–water partition coefficient (Wildman–Crippen LogP) is 2.00. The molecule has 0 heterocycles. The van der Waals surface area contributed by atoms with Crippen LogP contribution in [0.3, 0.4) is 0 Å². The van der Waals surface area contributed by atoms with E-state index in [0.29, 0.717) is 18.9 Å². The first-order chi connectivity index (χ1) is 8.70. The standard InChI is InChI=1S/C14H24N2O3/c1-9(14(2,3)4)8-15-13(19)16-11-6-5-10(7-11)12(17)18/h5-6,9-11H,7-8H2,1-4H3,(H,17,18)(H2,15,16,19). The van der Waals surface area contributed by atoms with E-state index in [1.165, 1.54) is 0 Å². The summed E-state index contributed by atoms with van der Waals surface area (Å²) in [6.07, 6.45) is 3.80. The number of carbonyl (C=O) groups excluding carboxylic acids is 1. The number of urea groups is 1. The van der Waals surface area contributed by atoms with E-state index >= 15 is 0 Å². The highest BCUT2D eigenvalue weighted by Gasteiger charge is 2.26. The molecular weight excluding hydrogens is 244 g/mol. The topological polar surface area (TPSA) is 78.4 Å². The first-order valence-electron chi connectivity index (χ1n) is 6.65. The van der Waals surface area contributed by atoms with E-state index in [2.05, 4.69) is 38.3 Å². The highest BCUT2D eigenvalue weighted by atomic mass is 16.4. The van der Waals surface area contributed by atoms with Gasteiger partial charge >= 0.3 is 12.0 Å². The van der Waals surface area contributed by atoms with Crippen molar-refractivity contribution < 1.29 is 14.7 Å². The van der Waals surface area contributed by atoms with Crippen LogP contribution < -0.4 is 10.6 Å². The lowest BCUT2D eigenvalue weighted by molar-refractivity contribution is -0.140. The summed E-state index contributed by atoms with van der Waals surface area (Å²) < 4.78 is 0. The molecule has 0 radical (unpaired) electrons. The van der Waals surface area contributed by atoms with Crippen LogP contribution in [0.25, 0.3) is 0 Å². The fourth-order valence-corrected chi connectivity index (χ4v) is 1.76. The lowest BCUT2D eigenvalue weighted by Gasteiger charge is -2.27. The number of amides is 2. The lowest BCUT2D eigenvalue weighted by Crippen LogP contribution is -2.43. The van der Waals surface area contributed by atoms with Gasteiger partial charge in [-0.05, 0) is 17.8 Å². The second-order valence-corrected chi connectivity index (χ2v) is 6.29. The van der Waals surface area contributed by atoms with Gasteiger partial charge in [0.05, 0.1) is 12.0 Å². The molecule has 5 heteroatoms. The molecule has 3 unspecified atom stereocenters. The summed E-state index contributed by atoms with van der Waals surface area (Å²) >= 11 is 0. The number of carbonyl (C=O) groups is 2. The summed E-state index contributed by atoms with van der Waals surface area (Å²) in [7, 11) is 0. The Morgan fingerprint density at radius 3 is 2.47 bits per heavy atom. The number of hydrogen-bond donors (Lipinski definition) is 3. The number of carboxylic acid groups (broad SMARTS) is 1. The minimum Gasteiger partial charge on any atom is -0.481 e. The minimum atomic E-state index is -0.845. The normalized spacial score (nSPS) is 24.0. The molecule has 5 nitrogen and oxygen atoms in total. The van der Waals surface area contributed by atoms with Gasteiger partial charge in [0.1, 0.15) is 0 Å². The van der Waals surface area contributed by atoms with E-state index < -0.39 is 11.9 Å². The number of aliphatic carboxylic acids is 1. The van der Waals surface area contributed by atoms with Crippen LogP contribution in [0.15, 0.2) is 12.2 Å². The van der Waals surface area contributed by atoms with Crippen molar-refractivity contribution in [1.82, 2.24) is 10.6 Å². The Morgan fingerprint density at radius 2 is 2.00 bits per heavy atom. The molecule has 3 atom stereocenters. The molecule has 0 bridgehead atoms. The highest BCUT2D eigenvalue weighted by molar-refractivity contribution is 5.76. The Kier molecular flexibility index (Phi) is 4.97. The van der Waals surface area contributed by atoms with E-state index in [1.54, 1.807) is 12.2 Å². The number of carboxylic acids is 1. The Balaban J connectivity index is 2.30. The van der Waals surface area contributed by atoms with Gasteiger partial charge in [-0.1, -0.05) is 39.8 Å². The number of nitrogens with one attached hydrogen (secondary N) is 2. The summed E-state index contributed by atoms with van der Waals surface area (Å²) in [4.78, 5) is 22.5. The molecule has 108 valence electrons. The van der Waals surface area contributed by atoms with Crippen LogP contribution in [0, 0.1) is 17.3 Å². The van der Waals surface area contributed by atoms with Crippen LogP contribution in [0.4, 0.5) is 4.79 Å². The van der Waals surface area contributed by atoms with Gasteiger partial charge in [-0.25, -0.2) is 4.79 Å². The van der Waals surface area contributed by atoms with Gasteiger partial charge in [-0.2, -0.15) is 0 Å². The summed E-state index contributed by atoms with van der Waals surface area (Å²) in [6, 6.07) is -0.428. The van der Waals surface area contributed by atoms with E-state index in [-0.39, 0.29) is 17.5 Å². The average Bonchev–Trinajstić information content (AvgIpc) is 2.73. The molecule has 1 aliphatic carbocycles. The van der Waals surface area contributed by atoms with Crippen molar-refractivity contribution in [2.24, 2.45) is 17.3 Å². The zero-order chi connectivity index (χ0) is 14.6. The Hall–Kier alpha value is -1.52. The van der Waals surface area contributed by atoms with Crippen LogP contribution in [0.5, 0.6) is 0 Å². The smallest absolute Gasteiger partial charge is 0.315 e. The molecule has 19 heavy (non-hydrogen) atoms. The second-order valence-electron chi connectivity index (χ2n) is 6.29. The summed E-state index contributed by atoms with van der Waals surface area (Å²) in [5.41, 5.74) is 0.148. The van der Waals surface area contributed by atoms with Gasteiger partial charge < -0.3 is 15.7 Å². The molecule has 0 aromatic heterocycles. The third-order valence-corrected chi connectivity index (χ3v) is 3.76. The predicted molar refractivity (Wildman–Crippen MR) is 73.8 cm³/mol. The number of hydrogen-bond acceptors (Lipinski definition) is 2. The van der Waals surface area contributed by atoms with Gasteiger partial charge in [0, 0.05) is 6.54 Å². The minimum absolute atomic E-state index is 0.148. The summed E-state index contributed by atoms with van der Waals surface area (Å²) in [5.74, 6) is -0.967. The van der Waals surface area contributed by atoms with E-state index in [9.17, 15) is 9.59 Å². The SMILES string of the molecule is CC(CNC(=O)NC1C=CC(C(=O)O)C1)C(C)(C)C. The first kappa shape index (κ1) is 15.5. The van der Waals surface area contributed by atoms with Crippen LogP contribution >= 0.6 is 0 Å². The van der Waals surface area contributed by atoms with Crippen molar-refractivity contribution in [3.05, 3.63) is 12.2 Å².